The SMILES string of the molecule is OC1CSCC1c1nc(-c2cn[nH]n2)no1. The Kier molecular flexibility index (Phi) is 2.37. The van der Waals surface area contributed by atoms with Crippen molar-refractivity contribution in [2.24, 2.45) is 0 Å². The third-order valence-electron chi connectivity index (χ3n) is 2.45. The van der Waals surface area contributed by atoms with Crippen molar-refractivity contribution in [3.63, 3.8) is 0 Å². The van der Waals surface area contributed by atoms with Crippen LogP contribution < -0.4 is 0 Å². The zero-order valence-electron chi connectivity index (χ0n) is 8.20. The largest absolute Gasteiger partial charge is 0.391 e. The fraction of sp³-hybridized carbons (Fsp3) is 0.500. The van der Waals surface area contributed by atoms with Gasteiger partial charge in [-0.25, -0.2) is 0 Å². The molecule has 16 heavy (non-hydrogen) atoms. The highest BCUT2D eigenvalue weighted by molar-refractivity contribution is 7.99. The predicted octanol–water partition coefficient (Wildman–Crippen LogP) is 0.0460. The molecule has 1 saturated heterocycles. The van der Waals surface area contributed by atoms with E-state index in [-0.39, 0.29) is 5.92 Å². The molecular weight excluding hydrogens is 230 g/mol. The summed E-state index contributed by atoms with van der Waals surface area (Å²) < 4.78 is 5.13. The average Bonchev–Trinajstić information content (AvgIpc) is 2.96. The lowest BCUT2D eigenvalue weighted by atomic mass is 10.1. The Morgan fingerprint density at radius 1 is 1.50 bits per heavy atom. The summed E-state index contributed by atoms with van der Waals surface area (Å²) in [6, 6.07) is 0. The second-order valence-electron chi connectivity index (χ2n) is 3.52. The summed E-state index contributed by atoms with van der Waals surface area (Å²) in [6.07, 6.45) is 1.12. The molecule has 1 aliphatic rings. The summed E-state index contributed by atoms with van der Waals surface area (Å²) >= 11 is 1.68. The number of aromatic nitrogens is 5. The molecule has 3 rings (SSSR count). The van der Waals surface area contributed by atoms with Gasteiger partial charge in [0.2, 0.25) is 11.7 Å². The standard InChI is InChI=1S/C8H9N5O2S/c14-6-3-16-2-4(6)8-10-7(12-15-8)5-1-9-13-11-5/h1,4,6,14H,2-3H2,(H,9,11,13). The van der Waals surface area contributed by atoms with Crippen molar-refractivity contribution in [1.82, 2.24) is 25.6 Å². The van der Waals surface area contributed by atoms with Crippen LogP contribution in [-0.2, 0) is 0 Å². The Morgan fingerprint density at radius 2 is 2.44 bits per heavy atom. The van der Waals surface area contributed by atoms with Crippen molar-refractivity contribution < 1.29 is 9.63 Å². The predicted molar refractivity (Wildman–Crippen MR) is 55.7 cm³/mol. The number of aliphatic hydroxyl groups is 1. The van der Waals surface area contributed by atoms with Crippen LogP contribution in [0.3, 0.4) is 0 Å². The van der Waals surface area contributed by atoms with Crippen molar-refractivity contribution in [3.05, 3.63) is 12.1 Å². The Labute approximate surface area is 94.6 Å². The van der Waals surface area contributed by atoms with Gasteiger partial charge in [0.05, 0.1) is 18.2 Å². The minimum atomic E-state index is -0.407. The summed E-state index contributed by atoms with van der Waals surface area (Å²) in [5.41, 5.74) is 0.537. The van der Waals surface area contributed by atoms with E-state index in [2.05, 4.69) is 25.6 Å². The number of hydrogen-bond acceptors (Lipinski definition) is 7. The van der Waals surface area contributed by atoms with E-state index in [4.69, 9.17) is 4.52 Å². The van der Waals surface area contributed by atoms with Gasteiger partial charge in [-0.15, -0.1) is 0 Å². The van der Waals surface area contributed by atoms with Gasteiger partial charge in [-0.1, -0.05) is 5.16 Å². The Hall–Kier alpha value is -1.41. The van der Waals surface area contributed by atoms with Crippen LogP contribution in [0.5, 0.6) is 0 Å². The minimum Gasteiger partial charge on any atom is -0.391 e. The van der Waals surface area contributed by atoms with E-state index < -0.39 is 6.10 Å². The molecule has 0 radical (unpaired) electrons. The highest BCUT2D eigenvalue weighted by Crippen LogP contribution is 2.32. The van der Waals surface area contributed by atoms with Crippen LogP contribution in [0.4, 0.5) is 0 Å². The molecule has 7 nitrogen and oxygen atoms in total. The summed E-state index contributed by atoms with van der Waals surface area (Å²) in [4.78, 5) is 4.21. The second kappa shape index (κ2) is 3.87. The van der Waals surface area contributed by atoms with Crippen molar-refractivity contribution in [2.75, 3.05) is 11.5 Å². The highest BCUT2D eigenvalue weighted by atomic mass is 32.2. The van der Waals surface area contributed by atoms with Gasteiger partial charge in [-0.05, 0) is 0 Å². The zero-order chi connectivity index (χ0) is 11.0. The maximum Gasteiger partial charge on any atom is 0.233 e. The van der Waals surface area contributed by atoms with Crippen LogP contribution in [0.15, 0.2) is 10.7 Å². The number of H-pyrrole nitrogens is 1. The van der Waals surface area contributed by atoms with Crippen molar-refractivity contribution in [2.45, 2.75) is 12.0 Å². The van der Waals surface area contributed by atoms with Gasteiger partial charge in [-0.2, -0.15) is 32.2 Å². The molecule has 0 bridgehead atoms. The van der Waals surface area contributed by atoms with Crippen LogP contribution in [0.1, 0.15) is 11.8 Å². The molecule has 2 unspecified atom stereocenters. The van der Waals surface area contributed by atoms with Gasteiger partial charge >= 0.3 is 0 Å². The third kappa shape index (κ3) is 1.59. The summed E-state index contributed by atoms with van der Waals surface area (Å²) in [7, 11) is 0. The van der Waals surface area contributed by atoms with Crippen LogP contribution in [0.2, 0.25) is 0 Å². The van der Waals surface area contributed by atoms with E-state index in [0.717, 1.165) is 5.75 Å². The number of hydrogen-bond donors (Lipinski definition) is 2. The van der Waals surface area contributed by atoms with E-state index in [1.165, 1.54) is 6.20 Å². The minimum absolute atomic E-state index is 0.0712. The number of aliphatic hydroxyl groups excluding tert-OH is 1. The molecule has 84 valence electrons. The monoisotopic (exact) mass is 239 g/mol. The molecule has 1 fully saturated rings. The van der Waals surface area contributed by atoms with Crippen LogP contribution in [0.25, 0.3) is 11.5 Å². The van der Waals surface area contributed by atoms with Gasteiger partial charge in [0.1, 0.15) is 0 Å². The Bertz CT molecular complexity index is 470. The maximum absolute atomic E-state index is 9.70. The lowest BCUT2D eigenvalue weighted by Gasteiger charge is -2.06. The van der Waals surface area contributed by atoms with E-state index in [0.29, 0.717) is 23.2 Å². The average molecular weight is 239 g/mol. The molecule has 2 aromatic rings. The van der Waals surface area contributed by atoms with E-state index in [9.17, 15) is 5.11 Å². The quantitative estimate of drug-likeness (QED) is 0.763. The van der Waals surface area contributed by atoms with Crippen LogP contribution in [-0.4, -0.2) is 48.3 Å². The smallest absolute Gasteiger partial charge is 0.233 e. The molecule has 0 aliphatic carbocycles. The molecule has 0 aromatic carbocycles. The number of aromatic amines is 1. The fourth-order valence-corrected chi connectivity index (χ4v) is 2.81. The lowest BCUT2D eigenvalue weighted by Crippen LogP contribution is -2.15. The van der Waals surface area contributed by atoms with Crippen LogP contribution >= 0.6 is 11.8 Å². The normalized spacial score (nSPS) is 25.1. The third-order valence-corrected chi connectivity index (χ3v) is 3.63. The van der Waals surface area contributed by atoms with Crippen molar-refractivity contribution in [3.8, 4) is 11.5 Å². The van der Waals surface area contributed by atoms with Gasteiger partial charge in [0, 0.05) is 11.5 Å². The molecule has 2 N–H and O–H groups in total. The van der Waals surface area contributed by atoms with Gasteiger partial charge in [0.15, 0.2) is 5.69 Å². The molecule has 3 heterocycles. The Morgan fingerprint density at radius 3 is 3.12 bits per heavy atom. The van der Waals surface area contributed by atoms with Gasteiger partial charge in [0.25, 0.3) is 0 Å². The molecule has 2 aromatic heterocycles. The van der Waals surface area contributed by atoms with Gasteiger partial charge < -0.3 is 9.63 Å². The maximum atomic E-state index is 9.70. The molecule has 1 aliphatic heterocycles. The number of nitrogens with zero attached hydrogens (tertiary/aromatic N) is 4. The molecular formula is C8H9N5O2S. The number of nitrogens with one attached hydrogen (secondary N) is 1. The topological polar surface area (TPSA) is 101 Å². The summed E-state index contributed by atoms with van der Waals surface area (Å²) in [5, 5.41) is 23.5. The summed E-state index contributed by atoms with van der Waals surface area (Å²) in [6.45, 7) is 0. The van der Waals surface area contributed by atoms with E-state index in [1.807, 2.05) is 0 Å². The molecule has 2 atom stereocenters. The van der Waals surface area contributed by atoms with Gasteiger partial charge in [-0.3, -0.25) is 0 Å². The fourth-order valence-electron chi connectivity index (χ4n) is 1.58. The van der Waals surface area contributed by atoms with E-state index >= 15 is 0 Å². The molecule has 0 amide bonds. The van der Waals surface area contributed by atoms with Crippen molar-refractivity contribution in [1.29, 1.82) is 0 Å². The van der Waals surface area contributed by atoms with Crippen LogP contribution in [0, 0.1) is 0 Å². The lowest BCUT2D eigenvalue weighted by molar-refractivity contribution is 0.164. The molecule has 0 saturated carbocycles. The highest BCUT2D eigenvalue weighted by Gasteiger charge is 2.32. The first kappa shape index (κ1) is 9.79. The first-order chi connectivity index (χ1) is 7.84. The Balaban J connectivity index is 1.88. The summed E-state index contributed by atoms with van der Waals surface area (Å²) in [5.74, 6) is 2.31. The second-order valence-corrected chi connectivity index (χ2v) is 4.60. The molecule has 0 spiro atoms. The first-order valence-corrected chi connectivity index (χ1v) is 5.95. The zero-order valence-corrected chi connectivity index (χ0v) is 9.02. The van der Waals surface area contributed by atoms with E-state index in [1.54, 1.807) is 11.8 Å². The number of thioether (sulfide) groups is 1. The first-order valence-electron chi connectivity index (χ1n) is 4.80. The van der Waals surface area contributed by atoms with Crippen molar-refractivity contribution >= 4 is 11.8 Å². The molecule has 8 heteroatoms. The number of rotatable bonds is 2.